The van der Waals surface area contributed by atoms with Crippen molar-refractivity contribution in [1.29, 1.82) is 0 Å². The molecule has 0 saturated carbocycles. The van der Waals surface area contributed by atoms with E-state index in [0.29, 0.717) is 12.8 Å². The highest BCUT2D eigenvalue weighted by Gasteiger charge is 2.11. The van der Waals surface area contributed by atoms with Gasteiger partial charge in [-0.3, -0.25) is 4.79 Å². The second-order valence-electron chi connectivity index (χ2n) is 4.71. The molecule has 0 radical (unpaired) electrons. The summed E-state index contributed by atoms with van der Waals surface area (Å²) < 4.78 is 31.3. The molecule has 1 heterocycles. The molecule has 0 atom stereocenters. The lowest BCUT2D eigenvalue weighted by molar-refractivity contribution is -0.136. The van der Waals surface area contributed by atoms with Crippen LogP contribution in [0.4, 0.5) is 8.78 Å². The molecule has 0 aliphatic carbocycles. The molecule has 0 aliphatic heterocycles. The predicted octanol–water partition coefficient (Wildman–Crippen LogP) is 3.37. The van der Waals surface area contributed by atoms with Gasteiger partial charge in [-0.05, 0) is 25.5 Å². The van der Waals surface area contributed by atoms with Crippen molar-refractivity contribution in [3.63, 3.8) is 0 Å². The molecule has 2 aromatic rings. The maximum atomic E-state index is 13.3. The first-order valence-corrected chi connectivity index (χ1v) is 7.52. The Balaban J connectivity index is 1.82. The fraction of sp³-hybridized carbons (Fsp3) is 0.333. The van der Waals surface area contributed by atoms with Crippen molar-refractivity contribution in [3.05, 3.63) is 45.4 Å². The quantitative estimate of drug-likeness (QED) is 0.792. The third-order valence-corrected chi connectivity index (χ3v) is 4.15. The van der Waals surface area contributed by atoms with Crippen LogP contribution < -0.4 is 4.74 Å². The van der Waals surface area contributed by atoms with Gasteiger partial charge < -0.3 is 9.84 Å². The van der Waals surface area contributed by atoms with Crippen molar-refractivity contribution in [2.24, 2.45) is 0 Å². The van der Waals surface area contributed by atoms with Crippen LogP contribution in [0.15, 0.2) is 18.2 Å². The molecule has 0 amide bonds. The minimum absolute atomic E-state index is 0.0169. The van der Waals surface area contributed by atoms with Crippen molar-refractivity contribution in [1.82, 2.24) is 4.98 Å². The van der Waals surface area contributed by atoms with Crippen LogP contribution in [0.25, 0.3) is 0 Å². The molecule has 22 heavy (non-hydrogen) atoms. The number of carboxylic acids is 1. The van der Waals surface area contributed by atoms with Crippen LogP contribution in [0.2, 0.25) is 0 Å². The van der Waals surface area contributed by atoms with Crippen molar-refractivity contribution in [2.45, 2.75) is 26.2 Å². The average molecular weight is 327 g/mol. The first-order chi connectivity index (χ1) is 10.5. The van der Waals surface area contributed by atoms with E-state index >= 15 is 0 Å². The number of halogens is 2. The summed E-state index contributed by atoms with van der Waals surface area (Å²) in [5, 5.41) is 9.61. The third kappa shape index (κ3) is 4.49. The standard InChI is InChI=1S/C15H15F2NO3S/c1-9-13(8-15(19)20)22-14(18-9)3-2-6-21-12-5-4-10(16)7-11(12)17/h4-5,7H,2-3,6,8H2,1H3,(H,19,20). The maximum Gasteiger partial charge on any atom is 0.308 e. The Kier molecular flexibility index (Phi) is 5.43. The Morgan fingerprint density at radius 3 is 2.86 bits per heavy atom. The van der Waals surface area contributed by atoms with Crippen LogP contribution in [0.5, 0.6) is 5.75 Å². The van der Waals surface area contributed by atoms with E-state index in [-0.39, 0.29) is 18.8 Å². The van der Waals surface area contributed by atoms with Crippen molar-refractivity contribution in [3.8, 4) is 5.75 Å². The second kappa shape index (κ2) is 7.31. The number of hydrogen-bond donors (Lipinski definition) is 1. The van der Waals surface area contributed by atoms with Crippen LogP contribution in [0.3, 0.4) is 0 Å². The molecule has 0 unspecified atom stereocenters. The van der Waals surface area contributed by atoms with E-state index in [1.165, 1.54) is 17.4 Å². The van der Waals surface area contributed by atoms with E-state index in [2.05, 4.69) is 4.98 Å². The number of nitrogens with zero attached hydrogens (tertiary/aromatic N) is 1. The van der Waals surface area contributed by atoms with Gasteiger partial charge in [-0.25, -0.2) is 13.8 Å². The maximum absolute atomic E-state index is 13.3. The van der Waals surface area contributed by atoms with Crippen LogP contribution in [-0.2, 0) is 17.6 Å². The molecule has 2 rings (SSSR count). The number of carbonyl (C=O) groups is 1. The minimum Gasteiger partial charge on any atom is -0.491 e. The molecular weight excluding hydrogens is 312 g/mol. The lowest BCUT2D eigenvalue weighted by atomic mass is 10.3. The normalized spacial score (nSPS) is 10.7. The van der Waals surface area contributed by atoms with E-state index in [1.54, 1.807) is 6.92 Å². The topological polar surface area (TPSA) is 59.4 Å². The lowest BCUT2D eigenvalue weighted by Gasteiger charge is -2.06. The number of thiazole rings is 1. The van der Waals surface area contributed by atoms with E-state index in [4.69, 9.17) is 9.84 Å². The fourth-order valence-electron chi connectivity index (χ4n) is 1.89. The molecule has 4 nitrogen and oxygen atoms in total. The van der Waals surface area contributed by atoms with E-state index < -0.39 is 17.6 Å². The summed E-state index contributed by atoms with van der Waals surface area (Å²) in [7, 11) is 0. The smallest absolute Gasteiger partial charge is 0.308 e. The van der Waals surface area contributed by atoms with Gasteiger partial charge in [-0.2, -0.15) is 0 Å². The number of aliphatic carboxylic acids is 1. The summed E-state index contributed by atoms with van der Waals surface area (Å²) in [6.45, 7) is 2.05. The molecule has 0 fully saturated rings. The summed E-state index contributed by atoms with van der Waals surface area (Å²) in [5.41, 5.74) is 0.730. The van der Waals surface area contributed by atoms with Crippen LogP contribution in [0.1, 0.15) is 22.0 Å². The highest BCUT2D eigenvalue weighted by atomic mass is 32.1. The van der Waals surface area contributed by atoms with Gasteiger partial charge in [0.2, 0.25) is 0 Å². The Labute approximate surface area is 130 Å². The summed E-state index contributed by atoms with van der Waals surface area (Å²) in [6.07, 6.45) is 1.20. The predicted molar refractivity (Wildman–Crippen MR) is 78.4 cm³/mol. The Hall–Kier alpha value is -2.02. The summed E-state index contributed by atoms with van der Waals surface area (Å²) in [6, 6.07) is 3.17. The van der Waals surface area contributed by atoms with E-state index in [9.17, 15) is 13.6 Å². The van der Waals surface area contributed by atoms with Gasteiger partial charge in [0.1, 0.15) is 5.82 Å². The molecule has 0 saturated heterocycles. The third-order valence-electron chi connectivity index (χ3n) is 2.94. The van der Waals surface area contributed by atoms with Gasteiger partial charge in [-0.15, -0.1) is 11.3 Å². The summed E-state index contributed by atoms with van der Waals surface area (Å²) >= 11 is 1.37. The van der Waals surface area contributed by atoms with Crippen molar-refractivity contribution in [2.75, 3.05) is 6.61 Å². The van der Waals surface area contributed by atoms with Gasteiger partial charge in [0, 0.05) is 17.4 Å². The second-order valence-corrected chi connectivity index (χ2v) is 5.88. The lowest BCUT2D eigenvalue weighted by Crippen LogP contribution is -2.01. The molecule has 1 aromatic carbocycles. The van der Waals surface area contributed by atoms with Gasteiger partial charge in [0.15, 0.2) is 11.6 Å². The fourth-order valence-corrected chi connectivity index (χ4v) is 3.00. The molecule has 118 valence electrons. The largest absolute Gasteiger partial charge is 0.491 e. The average Bonchev–Trinajstić information content (AvgIpc) is 2.76. The SMILES string of the molecule is Cc1nc(CCCOc2ccc(F)cc2F)sc1CC(=O)O. The number of aryl methyl sites for hydroxylation is 2. The molecular formula is C15H15F2NO3S. The number of ether oxygens (including phenoxy) is 1. The Morgan fingerprint density at radius 1 is 1.41 bits per heavy atom. The Bertz CT molecular complexity index is 673. The zero-order valence-corrected chi connectivity index (χ0v) is 12.8. The zero-order valence-electron chi connectivity index (χ0n) is 11.9. The molecule has 1 N–H and O–H groups in total. The van der Waals surface area contributed by atoms with Gasteiger partial charge in [-0.1, -0.05) is 0 Å². The van der Waals surface area contributed by atoms with Gasteiger partial charge in [0.05, 0.1) is 23.7 Å². The number of benzene rings is 1. The summed E-state index contributed by atoms with van der Waals surface area (Å²) in [5.74, 6) is -2.24. The van der Waals surface area contributed by atoms with Crippen LogP contribution >= 0.6 is 11.3 Å². The number of carboxylic acid groups (broad SMARTS) is 1. The van der Waals surface area contributed by atoms with Gasteiger partial charge >= 0.3 is 5.97 Å². The molecule has 1 aromatic heterocycles. The Morgan fingerprint density at radius 2 is 2.18 bits per heavy atom. The molecule has 0 aliphatic rings. The molecule has 0 spiro atoms. The van der Waals surface area contributed by atoms with Crippen LogP contribution in [0, 0.1) is 18.6 Å². The minimum atomic E-state index is -0.881. The highest BCUT2D eigenvalue weighted by Crippen LogP contribution is 2.21. The first kappa shape index (κ1) is 16.4. The highest BCUT2D eigenvalue weighted by molar-refractivity contribution is 7.11. The number of aromatic nitrogens is 1. The van der Waals surface area contributed by atoms with E-state index in [0.717, 1.165) is 27.7 Å². The van der Waals surface area contributed by atoms with Crippen LogP contribution in [-0.4, -0.2) is 22.7 Å². The van der Waals surface area contributed by atoms with E-state index in [1.807, 2.05) is 0 Å². The van der Waals surface area contributed by atoms with Gasteiger partial charge in [0.25, 0.3) is 0 Å². The first-order valence-electron chi connectivity index (χ1n) is 6.70. The molecule has 7 heteroatoms. The monoisotopic (exact) mass is 327 g/mol. The number of rotatable bonds is 7. The van der Waals surface area contributed by atoms with Crippen molar-refractivity contribution >= 4 is 17.3 Å². The van der Waals surface area contributed by atoms with Crippen molar-refractivity contribution < 1.29 is 23.4 Å². The zero-order chi connectivity index (χ0) is 16.1. The molecule has 0 bridgehead atoms. The summed E-state index contributed by atoms with van der Waals surface area (Å²) in [4.78, 5) is 15.8. The number of hydrogen-bond acceptors (Lipinski definition) is 4.